The molecule has 2 heterocycles. The zero-order chi connectivity index (χ0) is 10.5. The van der Waals surface area contributed by atoms with Gasteiger partial charge >= 0.3 is 0 Å². The Kier molecular flexibility index (Phi) is 3.04. The molecule has 0 aromatic carbocycles. The third-order valence-corrected chi connectivity index (χ3v) is 2.15. The number of aromatic nitrogens is 3. The van der Waals surface area contributed by atoms with Gasteiger partial charge in [0.15, 0.2) is 5.82 Å². The minimum Gasteiger partial charge on any atom is -0.343 e. The fourth-order valence-corrected chi connectivity index (χ4v) is 1.26. The summed E-state index contributed by atoms with van der Waals surface area (Å²) < 4.78 is 4.63. The van der Waals surface area contributed by atoms with Gasteiger partial charge in [0, 0.05) is 18.9 Å². The van der Waals surface area contributed by atoms with Crippen LogP contribution in [0.2, 0.25) is 0 Å². The van der Waals surface area contributed by atoms with Crippen molar-refractivity contribution in [3.8, 4) is 0 Å². The number of hydrogen-bond acceptors (Lipinski definition) is 5. The minimum absolute atomic E-state index is 0.602. The maximum atomic E-state index is 4.63. The van der Waals surface area contributed by atoms with E-state index < -0.39 is 0 Å². The van der Waals surface area contributed by atoms with E-state index in [-0.39, 0.29) is 0 Å². The van der Waals surface area contributed by atoms with Crippen molar-refractivity contribution in [2.75, 3.05) is 0 Å². The molecule has 0 amide bonds. The van der Waals surface area contributed by atoms with Crippen LogP contribution in [0.1, 0.15) is 17.0 Å². The van der Waals surface area contributed by atoms with Crippen molar-refractivity contribution in [2.24, 2.45) is 0 Å². The molecule has 78 valence electrons. The third kappa shape index (κ3) is 2.60. The quantitative estimate of drug-likeness (QED) is 0.806. The lowest BCUT2D eigenvalue weighted by Crippen LogP contribution is -2.14. The molecule has 2 rings (SSSR count). The van der Waals surface area contributed by atoms with Gasteiger partial charge in [-0.15, -0.1) is 0 Å². The molecule has 1 N–H and O–H groups in total. The van der Waals surface area contributed by atoms with E-state index in [0.29, 0.717) is 12.4 Å². The van der Waals surface area contributed by atoms with Crippen molar-refractivity contribution < 1.29 is 4.52 Å². The van der Waals surface area contributed by atoms with Crippen molar-refractivity contribution in [1.82, 2.24) is 20.4 Å². The van der Waals surface area contributed by atoms with Gasteiger partial charge in [-0.2, -0.15) is 4.98 Å². The van der Waals surface area contributed by atoms with Crippen LogP contribution in [0.3, 0.4) is 0 Å². The van der Waals surface area contributed by atoms with Gasteiger partial charge in [0.05, 0.1) is 6.54 Å². The molecule has 0 atom stereocenters. The highest BCUT2D eigenvalue weighted by atomic mass is 16.5. The average molecular weight is 204 g/mol. The van der Waals surface area contributed by atoms with Crippen LogP contribution in [0.15, 0.2) is 29.4 Å². The number of pyridine rings is 1. The van der Waals surface area contributed by atoms with E-state index in [1.807, 2.05) is 12.3 Å². The second-order valence-corrected chi connectivity index (χ2v) is 3.25. The van der Waals surface area contributed by atoms with Crippen molar-refractivity contribution in [3.05, 3.63) is 41.8 Å². The first-order valence-electron chi connectivity index (χ1n) is 4.71. The first kappa shape index (κ1) is 9.79. The molecule has 15 heavy (non-hydrogen) atoms. The first-order chi connectivity index (χ1) is 7.36. The maximum absolute atomic E-state index is 4.63. The smallest absolute Gasteiger partial charge is 0.213 e. The Morgan fingerprint density at radius 2 is 2.33 bits per heavy atom. The van der Waals surface area contributed by atoms with Crippen LogP contribution in [-0.4, -0.2) is 15.1 Å². The molecule has 0 aliphatic rings. The summed E-state index contributed by atoms with van der Waals surface area (Å²) in [6.45, 7) is 3.42. The van der Waals surface area contributed by atoms with Gasteiger partial charge in [0.1, 0.15) is 0 Å². The van der Waals surface area contributed by atoms with Gasteiger partial charge in [-0.05, 0) is 24.1 Å². The molecule has 0 saturated carbocycles. The second kappa shape index (κ2) is 4.65. The van der Waals surface area contributed by atoms with Crippen LogP contribution in [0.5, 0.6) is 0 Å². The lowest BCUT2D eigenvalue weighted by Gasteiger charge is -2.04. The molecule has 0 saturated heterocycles. The van der Waals surface area contributed by atoms with Crippen LogP contribution in [0.25, 0.3) is 0 Å². The Labute approximate surface area is 87.5 Å². The molecular weight excluding hydrogens is 192 g/mol. The van der Waals surface area contributed by atoms with E-state index in [9.17, 15) is 0 Å². The molecule has 0 unspecified atom stereocenters. The summed E-state index contributed by atoms with van der Waals surface area (Å²) in [7, 11) is 0. The van der Waals surface area contributed by atoms with Crippen LogP contribution >= 0.6 is 0 Å². The van der Waals surface area contributed by atoms with E-state index in [4.69, 9.17) is 0 Å². The van der Waals surface area contributed by atoms with E-state index in [0.717, 1.165) is 6.54 Å². The summed E-state index contributed by atoms with van der Waals surface area (Å²) >= 11 is 0. The highest BCUT2D eigenvalue weighted by Crippen LogP contribution is 2.04. The Morgan fingerprint density at radius 3 is 3.07 bits per heavy atom. The standard InChI is InChI=1S/C10H12N4O/c1-8-2-3-11-4-9(8)5-12-6-10-13-7-15-14-10/h2-4,7,12H,5-6H2,1H3. The van der Waals surface area contributed by atoms with Crippen molar-refractivity contribution >= 4 is 0 Å². The predicted octanol–water partition coefficient (Wildman–Crippen LogP) is 1.06. The molecule has 0 aliphatic carbocycles. The fourth-order valence-electron chi connectivity index (χ4n) is 1.26. The van der Waals surface area contributed by atoms with E-state index in [1.54, 1.807) is 6.20 Å². The molecule has 0 aliphatic heterocycles. The zero-order valence-corrected chi connectivity index (χ0v) is 8.47. The Balaban J connectivity index is 1.86. The maximum Gasteiger partial charge on any atom is 0.213 e. The summed E-state index contributed by atoms with van der Waals surface area (Å²) in [5.41, 5.74) is 2.41. The molecule has 5 nitrogen and oxygen atoms in total. The largest absolute Gasteiger partial charge is 0.343 e. The average Bonchev–Trinajstić information content (AvgIpc) is 2.74. The lowest BCUT2D eigenvalue weighted by molar-refractivity contribution is 0.407. The molecule has 0 radical (unpaired) electrons. The number of rotatable bonds is 4. The summed E-state index contributed by atoms with van der Waals surface area (Å²) in [5, 5.41) is 6.93. The van der Waals surface area contributed by atoms with Gasteiger partial charge < -0.3 is 9.84 Å². The first-order valence-corrected chi connectivity index (χ1v) is 4.71. The van der Waals surface area contributed by atoms with E-state index in [1.165, 1.54) is 17.5 Å². The van der Waals surface area contributed by atoms with Gasteiger partial charge in [-0.3, -0.25) is 4.98 Å². The summed E-state index contributed by atoms with van der Waals surface area (Å²) in [6.07, 6.45) is 4.98. The molecule has 0 fully saturated rings. The second-order valence-electron chi connectivity index (χ2n) is 3.25. The summed E-state index contributed by atoms with van der Waals surface area (Å²) in [6, 6.07) is 1.99. The summed E-state index contributed by atoms with van der Waals surface area (Å²) in [5.74, 6) is 0.663. The SMILES string of the molecule is Cc1ccncc1CNCc1ncon1. The highest BCUT2D eigenvalue weighted by Gasteiger charge is 1.99. The fraction of sp³-hybridized carbons (Fsp3) is 0.300. The van der Waals surface area contributed by atoms with Gasteiger partial charge in [-0.1, -0.05) is 5.16 Å². The predicted molar refractivity (Wildman–Crippen MR) is 53.8 cm³/mol. The van der Waals surface area contributed by atoms with E-state index in [2.05, 4.69) is 31.9 Å². The molecule has 5 heteroatoms. The van der Waals surface area contributed by atoms with Crippen LogP contribution in [-0.2, 0) is 13.1 Å². The van der Waals surface area contributed by atoms with Gasteiger partial charge in [-0.25, -0.2) is 0 Å². The lowest BCUT2D eigenvalue weighted by atomic mass is 10.1. The van der Waals surface area contributed by atoms with Crippen molar-refractivity contribution in [1.29, 1.82) is 0 Å². The Morgan fingerprint density at radius 1 is 1.40 bits per heavy atom. The van der Waals surface area contributed by atoms with Gasteiger partial charge in [0.2, 0.25) is 6.39 Å². The van der Waals surface area contributed by atoms with Crippen LogP contribution in [0, 0.1) is 6.92 Å². The van der Waals surface area contributed by atoms with E-state index >= 15 is 0 Å². The topological polar surface area (TPSA) is 63.8 Å². The van der Waals surface area contributed by atoms with Crippen LogP contribution < -0.4 is 5.32 Å². The number of aryl methyl sites for hydroxylation is 1. The molecule has 2 aromatic rings. The molecule has 2 aromatic heterocycles. The number of nitrogens with one attached hydrogen (secondary N) is 1. The molecular formula is C10H12N4O. The third-order valence-electron chi connectivity index (χ3n) is 2.15. The van der Waals surface area contributed by atoms with Crippen LogP contribution in [0.4, 0.5) is 0 Å². The zero-order valence-electron chi connectivity index (χ0n) is 8.47. The Bertz CT molecular complexity index is 413. The Hall–Kier alpha value is -1.75. The minimum atomic E-state index is 0.602. The van der Waals surface area contributed by atoms with Crippen molar-refractivity contribution in [2.45, 2.75) is 20.0 Å². The number of hydrogen-bond donors (Lipinski definition) is 1. The number of nitrogens with zero attached hydrogens (tertiary/aromatic N) is 3. The molecule has 0 spiro atoms. The summed E-state index contributed by atoms with van der Waals surface area (Å²) in [4.78, 5) is 7.99. The van der Waals surface area contributed by atoms with Crippen molar-refractivity contribution in [3.63, 3.8) is 0 Å². The molecule has 0 bridgehead atoms. The van der Waals surface area contributed by atoms with Gasteiger partial charge in [0.25, 0.3) is 0 Å². The normalized spacial score (nSPS) is 10.5. The highest BCUT2D eigenvalue weighted by molar-refractivity contribution is 5.20. The monoisotopic (exact) mass is 204 g/mol.